The molecule has 1 saturated heterocycles. The Labute approximate surface area is 214 Å². The summed E-state index contributed by atoms with van der Waals surface area (Å²) >= 11 is 3.61. The van der Waals surface area contributed by atoms with Crippen molar-refractivity contribution < 1.29 is 4.74 Å². The molecular weight excluding hydrogens is 522 g/mol. The lowest BCUT2D eigenvalue weighted by Crippen LogP contribution is -2.25. The van der Waals surface area contributed by atoms with E-state index in [2.05, 4.69) is 41.0 Å². The average Bonchev–Trinajstić information content (AvgIpc) is 3.58. The van der Waals surface area contributed by atoms with Crippen LogP contribution in [0.15, 0.2) is 58.1 Å². The summed E-state index contributed by atoms with van der Waals surface area (Å²) in [5, 5.41) is 8.35. The van der Waals surface area contributed by atoms with Gasteiger partial charge in [0.25, 0.3) is 5.56 Å². The molecule has 4 heterocycles. The van der Waals surface area contributed by atoms with Crippen LogP contribution < -0.4 is 16.0 Å². The van der Waals surface area contributed by atoms with Gasteiger partial charge in [-0.05, 0) is 65.6 Å². The third-order valence-corrected chi connectivity index (χ3v) is 7.22. The predicted octanol–water partition coefficient (Wildman–Crippen LogP) is 4.35. The fourth-order valence-corrected chi connectivity index (χ4v) is 5.27. The van der Waals surface area contributed by atoms with Gasteiger partial charge in [0.15, 0.2) is 0 Å². The van der Waals surface area contributed by atoms with E-state index in [4.69, 9.17) is 15.5 Å². The molecule has 3 aromatic heterocycles. The topological polar surface area (TPSA) is 126 Å². The summed E-state index contributed by atoms with van der Waals surface area (Å²) in [6.07, 6.45) is 5.92. The number of nitrogens with zero attached hydrogens (tertiary/aromatic N) is 4. The molecule has 4 N–H and O–H groups in total. The van der Waals surface area contributed by atoms with E-state index >= 15 is 0 Å². The van der Waals surface area contributed by atoms with Gasteiger partial charge in [-0.3, -0.25) is 14.8 Å². The molecule has 0 aliphatic carbocycles. The van der Waals surface area contributed by atoms with Crippen molar-refractivity contribution in [2.45, 2.75) is 12.8 Å². The Morgan fingerprint density at radius 2 is 1.97 bits per heavy atom. The molecule has 0 bridgehead atoms. The number of anilines is 1. The molecule has 1 fully saturated rings. The molecule has 0 radical (unpaired) electrons. The largest absolute Gasteiger partial charge is 0.476 e. The van der Waals surface area contributed by atoms with Gasteiger partial charge in [0, 0.05) is 39.8 Å². The number of pyridine rings is 1. The monoisotopic (exact) mass is 545 g/mol. The molecule has 2 aromatic carbocycles. The minimum absolute atomic E-state index is 0.319. The third-order valence-electron chi connectivity index (χ3n) is 6.62. The first-order valence-corrected chi connectivity index (χ1v) is 12.6. The molecule has 9 nitrogen and oxygen atoms in total. The van der Waals surface area contributed by atoms with Crippen LogP contribution in [0.3, 0.4) is 0 Å². The first-order valence-electron chi connectivity index (χ1n) is 11.8. The molecular formula is C26H24BrN7O2. The lowest BCUT2D eigenvalue weighted by atomic mass is 9.98. The van der Waals surface area contributed by atoms with Gasteiger partial charge >= 0.3 is 0 Å². The number of likely N-dealkylation sites (tertiary alicyclic amines) is 1. The second-order valence-corrected chi connectivity index (χ2v) is 9.73. The van der Waals surface area contributed by atoms with E-state index in [1.807, 2.05) is 30.3 Å². The molecule has 36 heavy (non-hydrogen) atoms. The smallest absolute Gasteiger partial charge is 0.261 e. The predicted molar refractivity (Wildman–Crippen MR) is 144 cm³/mol. The maximum atomic E-state index is 13.2. The Hall–Kier alpha value is -3.76. The van der Waals surface area contributed by atoms with E-state index < -0.39 is 0 Å². The molecule has 0 atom stereocenters. The maximum absolute atomic E-state index is 13.2. The Balaban J connectivity index is 1.32. The molecule has 1 aliphatic rings. The van der Waals surface area contributed by atoms with Crippen molar-refractivity contribution in [2.24, 2.45) is 0 Å². The number of hydrogen-bond donors (Lipinski definition) is 3. The van der Waals surface area contributed by atoms with Crippen LogP contribution in [0.1, 0.15) is 12.8 Å². The van der Waals surface area contributed by atoms with E-state index in [-0.39, 0.29) is 5.56 Å². The van der Waals surface area contributed by atoms with E-state index in [9.17, 15) is 4.79 Å². The van der Waals surface area contributed by atoms with E-state index in [1.54, 1.807) is 18.5 Å². The van der Waals surface area contributed by atoms with Crippen molar-refractivity contribution in [3.63, 3.8) is 0 Å². The first kappa shape index (κ1) is 22.7. The third kappa shape index (κ3) is 4.12. The maximum Gasteiger partial charge on any atom is 0.261 e. The number of nitrogens with one attached hydrogen (secondary N) is 2. The van der Waals surface area contributed by atoms with Crippen LogP contribution in [-0.2, 0) is 0 Å². The van der Waals surface area contributed by atoms with Crippen LogP contribution in [-0.4, -0.2) is 56.3 Å². The number of hydrogen-bond acceptors (Lipinski definition) is 7. The van der Waals surface area contributed by atoms with E-state index in [1.165, 1.54) is 12.8 Å². The second kappa shape index (κ2) is 9.36. The summed E-state index contributed by atoms with van der Waals surface area (Å²) in [6, 6.07) is 11.3. The number of nitrogens with two attached hydrogens (primary N) is 1. The van der Waals surface area contributed by atoms with Gasteiger partial charge in [-0.25, -0.2) is 9.97 Å². The van der Waals surface area contributed by atoms with Crippen LogP contribution in [0.5, 0.6) is 5.88 Å². The molecule has 182 valence electrons. The van der Waals surface area contributed by atoms with E-state index in [0.29, 0.717) is 44.9 Å². The number of aromatic nitrogens is 5. The number of fused-ring (bicyclic) bond motifs is 2. The molecule has 0 saturated carbocycles. The molecule has 10 heteroatoms. The van der Waals surface area contributed by atoms with Crippen molar-refractivity contribution in [2.75, 3.05) is 32.0 Å². The Morgan fingerprint density at radius 3 is 2.78 bits per heavy atom. The number of rotatable bonds is 6. The van der Waals surface area contributed by atoms with Crippen LogP contribution >= 0.6 is 15.9 Å². The normalized spacial score (nSPS) is 14.1. The van der Waals surface area contributed by atoms with Gasteiger partial charge in [-0.2, -0.15) is 5.10 Å². The zero-order valence-corrected chi connectivity index (χ0v) is 21.0. The SMILES string of the molecule is Nc1c(-c2cccc3[nH]ncc23)cc(Br)c2nc(-c3ccc(OCCN4CCCC4)nc3)[nH]c(=O)c12. The molecule has 0 amide bonds. The molecule has 1 aliphatic heterocycles. The van der Waals surface area contributed by atoms with Gasteiger partial charge in [0.2, 0.25) is 5.88 Å². The fourth-order valence-electron chi connectivity index (χ4n) is 4.76. The summed E-state index contributed by atoms with van der Waals surface area (Å²) in [4.78, 5) is 27.6. The number of benzene rings is 2. The van der Waals surface area contributed by atoms with Gasteiger partial charge in [-0.15, -0.1) is 0 Å². The Kier molecular flexibility index (Phi) is 5.90. The van der Waals surface area contributed by atoms with Crippen LogP contribution in [0, 0.1) is 0 Å². The molecule has 0 spiro atoms. The fraction of sp³-hybridized carbons (Fsp3) is 0.231. The number of aromatic amines is 2. The van der Waals surface area contributed by atoms with Gasteiger partial charge in [0.1, 0.15) is 12.4 Å². The average molecular weight is 546 g/mol. The highest BCUT2D eigenvalue weighted by molar-refractivity contribution is 9.10. The minimum Gasteiger partial charge on any atom is -0.476 e. The quantitative estimate of drug-likeness (QED) is 0.271. The number of nitrogen functional groups attached to an aromatic ring is 1. The summed E-state index contributed by atoms with van der Waals surface area (Å²) in [6.45, 7) is 3.77. The Morgan fingerprint density at radius 1 is 1.11 bits per heavy atom. The van der Waals surface area contributed by atoms with Crippen molar-refractivity contribution in [1.82, 2.24) is 30.0 Å². The highest BCUT2D eigenvalue weighted by atomic mass is 79.9. The van der Waals surface area contributed by atoms with Gasteiger partial charge < -0.3 is 15.5 Å². The van der Waals surface area contributed by atoms with Crippen LogP contribution in [0.25, 0.3) is 44.3 Å². The van der Waals surface area contributed by atoms with Crippen molar-refractivity contribution in [3.05, 3.63) is 63.6 Å². The number of halogens is 1. The minimum atomic E-state index is -0.319. The highest BCUT2D eigenvalue weighted by Crippen LogP contribution is 2.38. The first-order chi connectivity index (χ1) is 17.6. The lowest BCUT2D eigenvalue weighted by molar-refractivity contribution is 0.232. The Bertz CT molecular complexity index is 1620. The summed E-state index contributed by atoms with van der Waals surface area (Å²) in [5.41, 5.74) is 10.3. The molecule has 5 aromatic rings. The standard InChI is InChI=1S/C26H24BrN7O2/c27-19-12-17(16-4-3-5-20-18(16)14-30-33-20)23(28)22-24(19)31-25(32-26(22)35)15-6-7-21(29-13-15)36-11-10-34-8-1-2-9-34/h3-7,12-14H,1-2,8-11,28H2,(H,30,33)(H,31,32,35). The second-order valence-electron chi connectivity index (χ2n) is 8.88. The van der Waals surface area contributed by atoms with E-state index in [0.717, 1.165) is 41.7 Å². The number of H-pyrrole nitrogens is 2. The highest BCUT2D eigenvalue weighted by Gasteiger charge is 2.18. The summed E-state index contributed by atoms with van der Waals surface area (Å²) in [7, 11) is 0. The molecule has 6 rings (SSSR count). The van der Waals surface area contributed by atoms with Crippen molar-refractivity contribution in [1.29, 1.82) is 0 Å². The van der Waals surface area contributed by atoms with Crippen LogP contribution in [0.4, 0.5) is 5.69 Å². The zero-order chi connectivity index (χ0) is 24.6. The number of ether oxygens (including phenoxy) is 1. The molecule has 0 unspecified atom stereocenters. The summed E-state index contributed by atoms with van der Waals surface area (Å²) < 4.78 is 6.46. The van der Waals surface area contributed by atoms with Crippen LogP contribution in [0.2, 0.25) is 0 Å². The zero-order valence-electron chi connectivity index (χ0n) is 19.4. The van der Waals surface area contributed by atoms with Crippen molar-refractivity contribution >= 4 is 43.4 Å². The lowest BCUT2D eigenvalue weighted by Gasteiger charge is -2.14. The van der Waals surface area contributed by atoms with Gasteiger partial charge in [0.05, 0.1) is 28.3 Å². The summed E-state index contributed by atoms with van der Waals surface area (Å²) in [5.74, 6) is 0.956. The van der Waals surface area contributed by atoms with Gasteiger partial charge in [-0.1, -0.05) is 12.1 Å². The van der Waals surface area contributed by atoms with Crippen molar-refractivity contribution in [3.8, 4) is 28.4 Å².